The molecule has 0 amide bonds. The Labute approximate surface area is 94.8 Å². The van der Waals surface area contributed by atoms with Crippen LogP contribution in [0.2, 0.25) is 0 Å². The summed E-state index contributed by atoms with van der Waals surface area (Å²) in [5.41, 5.74) is 2.13. The molecule has 0 heteroatoms. The lowest BCUT2D eigenvalue weighted by atomic mass is 9.37. The Morgan fingerprint density at radius 1 is 1.00 bits per heavy atom. The van der Waals surface area contributed by atoms with Gasteiger partial charge in [-0.15, -0.1) is 0 Å². The molecule has 15 heavy (non-hydrogen) atoms. The quantitative estimate of drug-likeness (QED) is 0.541. The second-order valence-electron chi connectivity index (χ2n) is 7.65. The monoisotopic (exact) mass is 206 g/mol. The Bertz CT molecular complexity index is 290. The van der Waals surface area contributed by atoms with Gasteiger partial charge >= 0.3 is 0 Å². The van der Waals surface area contributed by atoms with Gasteiger partial charge in [-0.05, 0) is 53.8 Å². The fraction of sp³-hybridized carbons (Fsp3) is 1.00. The maximum atomic E-state index is 2.61. The van der Waals surface area contributed by atoms with E-state index in [1.807, 2.05) is 0 Å². The van der Waals surface area contributed by atoms with Crippen molar-refractivity contribution in [3.63, 3.8) is 0 Å². The van der Waals surface area contributed by atoms with E-state index in [1.54, 1.807) is 0 Å². The van der Waals surface area contributed by atoms with Crippen LogP contribution in [0.4, 0.5) is 0 Å². The second kappa shape index (κ2) is 2.63. The molecule has 3 aliphatic rings. The Morgan fingerprint density at radius 2 is 1.73 bits per heavy atom. The van der Waals surface area contributed by atoms with Crippen LogP contribution in [0.15, 0.2) is 0 Å². The van der Waals surface area contributed by atoms with Crippen molar-refractivity contribution < 1.29 is 0 Å². The van der Waals surface area contributed by atoms with Gasteiger partial charge in [-0.25, -0.2) is 0 Å². The number of hydrogen-bond donors (Lipinski definition) is 0. The van der Waals surface area contributed by atoms with Crippen molar-refractivity contribution in [2.45, 2.75) is 66.2 Å². The van der Waals surface area contributed by atoms with Crippen LogP contribution in [0.3, 0.4) is 0 Å². The molecule has 3 aliphatic carbocycles. The lowest BCUT2D eigenvalue weighted by Crippen LogP contribution is -2.61. The lowest BCUT2D eigenvalue weighted by molar-refractivity contribution is -0.192. The first-order valence-electron chi connectivity index (χ1n) is 6.92. The molecule has 0 aromatic rings. The smallest absolute Gasteiger partial charge is 0.0179 e. The van der Waals surface area contributed by atoms with Gasteiger partial charge in [-0.1, -0.05) is 40.5 Å². The highest BCUT2D eigenvalue weighted by Gasteiger charge is 2.71. The molecular weight excluding hydrogens is 180 g/mol. The highest BCUT2D eigenvalue weighted by atomic mass is 14.8. The molecule has 0 heterocycles. The lowest BCUT2D eigenvalue weighted by Gasteiger charge is -2.68. The van der Waals surface area contributed by atoms with E-state index >= 15 is 0 Å². The van der Waals surface area contributed by atoms with Crippen molar-refractivity contribution in [1.29, 1.82) is 0 Å². The summed E-state index contributed by atoms with van der Waals surface area (Å²) in [5.74, 6) is 2.04. The molecular formula is C15H26. The summed E-state index contributed by atoms with van der Waals surface area (Å²) in [7, 11) is 0. The molecule has 0 radical (unpaired) electrons. The van der Waals surface area contributed by atoms with E-state index in [1.165, 1.54) is 38.5 Å². The molecule has 86 valence electrons. The van der Waals surface area contributed by atoms with E-state index < -0.39 is 0 Å². The van der Waals surface area contributed by atoms with Crippen LogP contribution in [0.25, 0.3) is 0 Å². The molecule has 0 nitrogen and oxygen atoms in total. The average Bonchev–Trinajstić information content (AvgIpc) is 2.37. The van der Waals surface area contributed by atoms with Crippen LogP contribution in [-0.4, -0.2) is 0 Å². The van der Waals surface area contributed by atoms with Crippen LogP contribution in [0.1, 0.15) is 66.2 Å². The fourth-order valence-electron chi connectivity index (χ4n) is 6.07. The predicted molar refractivity (Wildman–Crippen MR) is 64.7 cm³/mol. The third-order valence-corrected chi connectivity index (χ3v) is 6.67. The zero-order chi connectivity index (χ0) is 10.9. The Hall–Kier alpha value is 0. The van der Waals surface area contributed by atoms with E-state index in [-0.39, 0.29) is 0 Å². The van der Waals surface area contributed by atoms with Crippen molar-refractivity contribution in [3.8, 4) is 0 Å². The van der Waals surface area contributed by atoms with Crippen molar-refractivity contribution in [3.05, 3.63) is 0 Å². The first kappa shape index (κ1) is 10.2. The molecule has 0 aromatic carbocycles. The van der Waals surface area contributed by atoms with Crippen LogP contribution in [0.5, 0.6) is 0 Å². The van der Waals surface area contributed by atoms with Crippen LogP contribution in [-0.2, 0) is 0 Å². The van der Waals surface area contributed by atoms with Gasteiger partial charge < -0.3 is 0 Å². The molecule has 3 rings (SSSR count). The minimum atomic E-state index is 0.656. The van der Waals surface area contributed by atoms with E-state index in [2.05, 4.69) is 27.7 Å². The van der Waals surface area contributed by atoms with E-state index in [0.29, 0.717) is 10.8 Å². The molecule has 0 aromatic heterocycles. The van der Waals surface area contributed by atoms with Crippen molar-refractivity contribution in [2.75, 3.05) is 0 Å². The molecule has 0 bridgehead atoms. The first-order chi connectivity index (χ1) is 6.92. The summed E-state index contributed by atoms with van der Waals surface area (Å²) in [6, 6.07) is 0. The van der Waals surface area contributed by atoms with Crippen molar-refractivity contribution in [2.24, 2.45) is 28.1 Å². The summed E-state index contributed by atoms with van der Waals surface area (Å²) in [5, 5.41) is 0. The fourth-order valence-corrected chi connectivity index (χ4v) is 6.07. The molecule has 0 N–H and O–H groups in total. The molecule has 3 saturated carbocycles. The van der Waals surface area contributed by atoms with Gasteiger partial charge in [0.2, 0.25) is 0 Å². The van der Waals surface area contributed by atoms with E-state index in [4.69, 9.17) is 0 Å². The third-order valence-electron chi connectivity index (χ3n) is 6.67. The largest absolute Gasteiger partial charge is 0.0619 e. The Morgan fingerprint density at radius 3 is 2.40 bits per heavy atom. The highest BCUT2D eigenvalue weighted by Crippen LogP contribution is 2.79. The summed E-state index contributed by atoms with van der Waals surface area (Å²) in [6.07, 6.45) is 9.07. The topological polar surface area (TPSA) is 0 Å². The Balaban J connectivity index is 2.01. The highest BCUT2D eigenvalue weighted by molar-refractivity contribution is 5.19. The molecule has 0 aliphatic heterocycles. The zero-order valence-corrected chi connectivity index (χ0v) is 10.9. The standard InChI is InChI=1S/C15H26/c1-11-6-5-8-14(4)9-7-12-13(2,3)10-15(11,12)14/h11-12H,5-10H2,1-4H3. The normalized spacial score (nSPS) is 56.8. The second-order valence-corrected chi connectivity index (χ2v) is 7.65. The molecule has 4 atom stereocenters. The van der Waals surface area contributed by atoms with Crippen LogP contribution < -0.4 is 0 Å². The molecule has 1 spiro atoms. The van der Waals surface area contributed by atoms with Crippen molar-refractivity contribution >= 4 is 0 Å². The minimum Gasteiger partial charge on any atom is -0.0619 e. The number of rotatable bonds is 0. The van der Waals surface area contributed by atoms with E-state index in [9.17, 15) is 0 Å². The first-order valence-corrected chi connectivity index (χ1v) is 6.92. The zero-order valence-electron chi connectivity index (χ0n) is 10.9. The van der Waals surface area contributed by atoms with Gasteiger partial charge in [-0.3, -0.25) is 0 Å². The van der Waals surface area contributed by atoms with Gasteiger partial charge in [0.15, 0.2) is 0 Å². The maximum Gasteiger partial charge on any atom is -0.0179 e. The summed E-state index contributed by atoms with van der Waals surface area (Å²) in [6.45, 7) is 10.2. The molecule has 0 saturated heterocycles. The van der Waals surface area contributed by atoms with Gasteiger partial charge in [-0.2, -0.15) is 0 Å². The third kappa shape index (κ3) is 0.953. The maximum absolute atomic E-state index is 2.61. The van der Waals surface area contributed by atoms with Crippen LogP contribution in [0, 0.1) is 28.1 Å². The summed E-state index contributed by atoms with van der Waals surface area (Å²) >= 11 is 0. The van der Waals surface area contributed by atoms with Gasteiger partial charge in [0.25, 0.3) is 0 Å². The van der Waals surface area contributed by atoms with Crippen molar-refractivity contribution in [1.82, 2.24) is 0 Å². The Kier molecular flexibility index (Phi) is 1.78. The summed E-state index contributed by atoms with van der Waals surface area (Å²) in [4.78, 5) is 0. The SMILES string of the molecule is CC1CCCC2(C)CCC3C(C)(C)CC132. The molecule has 4 unspecified atom stereocenters. The van der Waals surface area contributed by atoms with E-state index in [0.717, 1.165) is 17.3 Å². The number of hydrogen-bond acceptors (Lipinski definition) is 0. The molecule has 3 fully saturated rings. The van der Waals surface area contributed by atoms with Gasteiger partial charge in [0, 0.05) is 0 Å². The average molecular weight is 206 g/mol. The van der Waals surface area contributed by atoms with Gasteiger partial charge in [0.1, 0.15) is 0 Å². The minimum absolute atomic E-state index is 0.656. The predicted octanol–water partition coefficient (Wildman–Crippen LogP) is 4.64. The van der Waals surface area contributed by atoms with Gasteiger partial charge in [0.05, 0.1) is 0 Å². The summed E-state index contributed by atoms with van der Waals surface area (Å²) < 4.78 is 0. The van der Waals surface area contributed by atoms with Crippen LogP contribution >= 0.6 is 0 Å².